The Labute approximate surface area is 207 Å². The quantitative estimate of drug-likeness (QED) is 0.431. The molecule has 1 aliphatic carbocycles. The standard InChI is InChI=1S/C29H45O4P/c1-19-16-21(27(5,6)7)18-23(29(11,12)13)25(19)33-34(30,31)32-24-15-14-20(26(2,3)4)17-22(24)28(8,9)10/h14-18,25H,1H2,2-13H3,(H,30,31). The molecule has 190 valence electrons. The number of hydrogen-bond donors (Lipinski definition) is 1. The van der Waals surface area contributed by atoms with Gasteiger partial charge in [-0.3, -0.25) is 9.42 Å². The van der Waals surface area contributed by atoms with Crippen molar-refractivity contribution in [3.05, 3.63) is 64.8 Å². The highest BCUT2D eigenvalue weighted by Crippen LogP contribution is 2.52. The van der Waals surface area contributed by atoms with Crippen LogP contribution in [0.4, 0.5) is 0 Å². The molecule has 1 aromatic rings. The first kappa shape index (κ1) is 28.6. The zero-order chi connectivity index (χ0) is 26.5. The Bertz CT molecular complexity index is 1050. The Hall–Kier alpha value is -1.61. The van der Waals surface area contributed by atoms with Crippen LogP contribution >= 0.6 is 7.82 Å². The second-order valence-corrected chi connectivity index (χ2v) is 14.9. The van der Waals surface area contributed by atoms with Crippen molar-refractivity contribution in [2.24, 2.45) is 10.8 Å². The van der Waals surface area contributed by atoms with Gasteiger partial charge in [-0.15, -0.1) is 0 Å². The van der Waals surface area contributed by atoms with Crippen molar-refractivity contribution in [1.29, 1.82) is 0 Å². The van der Waals surface area contributed by atoms with E-state index in [4.69, 9.17) is 9.05 Å². The highest BCUT2D eigenvalue weighted by Gasteiger charge is 2.39. The summed E-state index contributed by atoms with van der Waals surface area (Å²) in [5.41, 5.74) is 3.95. The lowest BCUT2D eigenvalue weighted by atomic mass is 9.73. The number of allylic oxidation sites excluding steroid dienone is 2. The van der Waals surface area contributed by atoms with Crippen molar-refractivity contribution < 1.29 is 18.5 Å². The molecule has 1 aliphatic rings. The fourth-order valence-corrected chi connectivity index (χ4v) is 4.83. The molecule has 0 amide bonds. The summed E-state index contributed by atoms with van der Waals surface area (Å²) in [6.45, 7) is 29.4. The van der Waals surface area contributed by atoms with Crippen molar-refractivity contribution in [3.63, 3.8) is 0 Å². The topological polar surface area (TPSA) is 55.8 Å². The molecule has 2 atom stereocenters. The fraction of sp³-hybridized carbons (Fsp3) is 0.586. The molecule has 0 radical (unpaired) electrons. The van der Waals surface area contributed by atoms with Gasteiger partial charge in [0.2, 0.25) is 0 Å². The first-order valence-corrected chi connectivity index (χ1v) is 13.5. The molecule has 2 unspecified atom stereocenters. The van der Waals surface area contributed by atoms with E-state index in [0.29, 0.717) is 11.3 Å². The van der Waals surface area contributed by atoms with Crippen LogP contribution in [-0.4, -0.2) is 11.0 Å². The van der Waals surface area contributed by atoms with Gasteiger partial charge in [-0.05, 0) is 50.0 Å². The minimum absolute atomic E-state index is 0.0543. The molecule has 0 heterocycles. The summed E-state index contributed by atoms with van der Waals surface area (Å²) in [6, 6.07) is 5.79. The molecule has 0 spiro atoms. The van der Waals surface area contributed by atoms with E-state index in [2.05, 4.69) is 102 Å². The van der Waals surface area contributed by atoms with Crippen molar-refractivity contribution in [3.8, 4) is 5.75 Å². The van der Waals surface area contributed by atoms with Gasteiger partial charge in [0.1, 0.15) is 11.9 Å². The summed E-state index contributed by atoms with van der Waals surface area (Å²) >= 11 is 0. The molecule has 34 heavy (non-hydrogen) atoms. The zero-order valence-electron chi connectivity index (χ0n) is 23.3. The molecule has 5 heteroatoms. The van der Waals surface area contributed by atoms with E-state index in [1.165, 1.54) is 0 Å². The van der Waals surface area contributed by atoms with Crippen LogP contribution in [0.5, 0.6) is 5.75 Å². The number of hydrogen-bond acceptors (Lipinski definition) is 3. The highest BCUT2D eigenvalue weighted by molar-refractivity contribution is 7.47. The third-order valence-corrected chi connectivity index (χ3v) is 7.01. The van der Waals surface area contributed by atoms with Gasteiger partial charge >= 0.3 is 7.82 Å². The van der Waals surface area contributed by atoms with E-state index in [9.17, 15) is 9.46 Å². The molecule has 0 saturated carbocycles. The second-order valence-electron chi connectivity index (χ2n) is 13.5. The Morgan fingerprint density at radius 3 is 1.82 bits per heavy atom. The van der Waals surface area contributed by atoms with Gasteiger partial charge < -0.3 is 4.52 Å². The molecule has 0 saturated heterocycles. The molecular formula is C29H45O4P. The Morgan fingerprint density at radius 1 is 0.824 bits per heavy atom. The summed E-state index contributed by atoms with van der Waals surface area (Å²) in [5.74, 6) is 0.361. The van der Waals surface area contributed by atoms with Crippen molar-refractivity contribution in [2.45, 2.75) is 100 Å². The smallest absolute Gasteiger partial charge is 0.404 e. The molecule has 0 aromatic heterocycles. The van der Waals surface area contributed by atoms with Crippen LogP contribution in [0, 0.1) is 10.8 Å². The normalized spacial score (nSPS) is 19.9. The summed E-state index contributed by atoms with van der Waals surface area (Å²) in [5, 5.41) is 0. The largest absolute Gasteiger partial charge is 0.528 e. The SMILES string of the molecule is C=C1C=C(C(C)(C)C)C=C(C(C)(C)C)C1OP(=O)(O)Oc1ccc(C(C)(C)C)cc1C(C)(C)C. The first-order chi connectivity index (χ1) is 15.0. The fourth-order valence-electron chi connectivity index (χ4n) is 3.87. The number of phosphoric acid groups is 1. The lowest BCUT2D eigenvalue weighted by molar-refractivity contribution is 0.166. The van der Waals surface area contributed by atoms with Crippen LogP contribution in [0.25, 0.3) is 0 Å². The first-order valence-electron chi connectivity index (χ1n) is 12.0. The maximum absolute atomic E-state index is 13.3. The molecule has 0 aliphatic heterocycles. The van der Waals surface area contributed by atoms with Gasteiger partial charge in [0, 0.05) is 5.56 Å². The van der Waals surface area contributed by atoms with E-state index in [-0.39, 0.29) is 21.7 Å². The highest BCUT2D eigenvalue weighted by atomic mass is 31.2. The minimum atomic E-state index is -4.47. The van der Waals surface area contributed by atoms with Crippen molar-refractivity contribution in [2.75, 3.05) is 0 Å². The molecular weight excluding hydrogens is 443 g/mol. The van der Waals surface area contributed by atoms with E-state index in [0.717, 1.165) is 22.3 Å². The molecule has 4 nitrogen and oxygen atoms in total. The lowest BCUT2D eigenvalue weighted by Gasteiger charge is -2.37. The van der Waals surface area contributed by atoms with Crippen molar-refractivity contribution in [1.82, 2.24) is 0 Å². The second kappa shape index (κ2) is 9.12. The van der Waals surface area contributed by atoms with Gasteiger partial charge in [0.15, 0.2) is 0 Å². The van der Waals surface area contributed by atoms with Crippen LogP contribution in [0.1, 0.15) is 94.2 Å². The van der Waals surface area contributed by atoms with Crippen LogP contribution < -0.4 is 4.52 Å². The number of phosphoric ester groups is 1. The predicted octanol–water partition coefficient (Wildman–Crippen LogP) is 8.66. The van der Waals surface area contributed by atoms with Crippen LogP contribution in [-0.2, 0) is 19.9 Å². The van der Waals surface area contributed by atoms with E-state index in [1.807, 2.05) is 12.1 Å². The molecule has 2 rings (SSSR count). The Kier molecular flexibility index (Phi) is 7.68. The molecule has 1 N–H and O–H groups in total. The van der Waals surface area contributed by atoms with Crippen LogP contribution in [0.2, 0.25) is 0 Å². The number of benzene rings is 1. The number of rotatable bonds is 4. The average Bonchev–Trinajstić information content (AvgIpc) is 2.59. The van der Waals surface area contributed by atoms with Gasteiger partial charge in [0.25, 0.3) is 0 Å². The van der Waals surface area contributed by atoms with E-state index < -0.39 is 13.9 Å². The summed E-state index contributed by atoms with van der Waals surface area (Å²) in [4.78, 5) is 10.9. The lowest BCUT2D eigenvalue weighted by Crippen LogP contribution is -2.30. The zero-order valence-corrected chi connectivity index (χ0v) is 24.2. The van der Waals surface area contributed by atoms with Gasteiger partial charge in [-0.1, -0.05) is 114 Å². The van der Waals surface area contributed by atoms with E-state index >= 15 is 0 Å². The molecule has 0 fully saturated rings. The average molecular weight is 489 g/mol. The van der Waals surface area contributed by atoms with Gasteiger partial charge in [-0.2, -0.15) is 0 Å². The molecule has 0 bridgehead atoms. The Morgan fingerprint density at radius 2 is 1.38 bits per heavy atom. The predicted molar refractivity (Wildman–Crippen MR) is 143 cm³/mol. The van der Waals surface area contributed by atoms with Crippen LogP contribution in [0.15, 0.2) is 53.6 Å². The van der Waals surface area contributed by atoms with Gasteiger partial charge in [-0.25, -0.2) is 4.57 Å². The van der Waals surface area contributed by atoms with Crippen molar-refractivity contribution >= 4 is 7.82 Å². The maximum Gasteiger partial charge on any atom is 0.528 e. The summed E-state index contributed by atoms with van der Waals surface area (Å²) in [6.07, 6.45) is 3.30. The molecule has 1 aromatic carbocycles. The monoisotopic (exact) mass is 488 g/mol. The van der Waals surface area contributed by atoms with E-state index in [1.54, 1.807) is 6.07 Å². The summed E-state index contributed by atoms with van der Waals surface area (Å²) in [7, 11) is -4.47. The minimum Gasteiger partial charge on any atom is -0.404 e. The van der Waals surface area contributed by atoms with Gasteiger partial charge in [0.05, 0.1) is 0 Å². The van der Waals surface area contributed by atoms with Crippen LogP contribution in [0.3, 0.4) is 0 Å². The third kappa shape index (κ3) is 6.97. The maximum atomic E-state index is 13.3. The summed E-state index contributed by atoms with van der Waals surface area (Å²) < 4.78 is 24.9. The Balaban J connectivity index is 2.45. The third-order valence-electron chi connectivity index (χ3n) is 6.11.